The number of amides is 2. The molecule has 0 spiro atoms. The van der Waals surface area contributed by atoms with Crippen molar-refractivity contribution in [1.29, 1.82) is 0 Å². The standard InChI is InChI=1S/C22H26IN3O5/c1-5-30-19-12-15(11-18(23)20(19)31-6-2)13-24-26-22(28)14(3)21(27)25-16-7-9-17(29-4)10-8-16/h7-14H,5-6H2,1-4H3,(H,25,27)(H,26,28). The first-order chi connectivity index (χ1) is 14.9. The van der Waals surface area contributed by atoms with Crippen LogP contribution < -0.4 is 25.0 Å². The van der Waals surface area contributed by atoms with Gasteiger partial charge in [0.15, 0.2) is 11.5 Å². The summed E-state index contributed by atoms with van der Waals surface area (Å²) in [6.45, 7) is 6.33. The number of methoxy groups -OCH3 is 1. The Morgan fingerprint density at radius 3 is 2.39 bits per heavy atom. The molecule has 0 fully saturated rings. The Hall–Kier alpha value is -2.82. The van der Waals surface area contributed by atoms with E-state index in [0.29, 0.717) is 36.1 Å². The number of halogens is 1. The van der Waals surface area contributed by atoms with E-state index in [1.54, 1.807) is 37.4 Å². The number of carbonyl (C=O) groups excluding carboxylic acids is 2. The summed E-state index contributed by atoms with van der Waals surface area (Å²) in [4.78, 5) is 24.6. The highest BCUT2D eigenvalue weighted by Gasteiger charge is 2.21. The van der Waals surface area contributed by atoms with E-state index in [2.05, 4.69) is 38.4 Å². The van der Waals surface area contributed by atoms with Crippen LogP contribution in [-0.2, 0) is 9.59 Å². The van der Waals surface area contributed by atoms with Crippen LogP contribution in [0, 0.1) is 9.49 Å². The minimum atomic E-state index is -0.932. The number of ether oxygens (including phenoxy) is 3. The highest BCUT2D eigenvalue weighted by molar-refractivity contribution is 14.1. The van der Waals surface area contributed by atoms with Gasteiger partial charge in [-0.25, -0.2) is 5.43 Å². The van der Waals surface area contributed by atoms with Crippen molar-refractivity contribution < 1.29 is 23.8 Å². The van der Waals surface area contributed by atoms with Crippen LogP contribution in [0.15, 0.2) is 41.5 Å². The molecular formula is C22H26IN3O5. The summed E-state index contributed by atoms with van der Waals surface area (Å²) in [6.07, 6.45) is 1.49. The molecule has 1 atom stereocenters. The Kier molecular flexibility index (Phi) is 9.57. The van der Waals surface area contributed by atoms with Gasteiger partial charge in [-0.1, -0.05) is 0 Å². The summed E-state index contributed by atoms with van der Waals surface area (Å²) >= 11 is 2.16. The van der Waals surface area contributed by atoms with Crippen LogP contribution in [0.4, 0.5) is 5.69 Å². The monoisotopic (exact) mass is 539 g/mol. The first-order valence-electron chi connectivity index (χ1n) is 9.76. The van der Waals surface area contributed by atoms with Gasteiger partial charge in [0.05, 0.1) is 30.1 Å². The maximum atomic E-state index is 12.3. The Morgan fingerprint density at radius 2 is 1.77 bits per heavy atom. The summed E-state index contributed by atoms with van der Waals surface area (Å²) in [5.74, 6) is 0.0690. The first kappa shape index (κ1) is 24.4. The number of carbonyl (C=O) groups is 2. The lowest BCUT2D eigenvalue weighted by Crippen LogP contribution is -2.34. The van der Waals surface area contributed by atoms with Crippen LogP contribution >= 0.6 is 22.6 Å². The second-order valence-corrected chi connectivity index (χ2v) is 7.53. The highest BCUT2D eigenvalue weighted by atomic mass is 127. The molecule has 2 amide bonds. The van der Waals surface area contributed by atoms with Gasteiger partial charge < -0.3 is 19.5 Å². The molecule has 2 aromatic carbocycles. The minimum absolute atomic E-state index is 0.438. The minimum Gasteiger partial charge on any atom is -0.497 e. The fraction of sp³-hybridized carbons (Fsp3) is 0.318. The number of nitrogens with zero attached hydrogens (tertiary/aromatic N) is 1. The van der Waals surface area contributed by atoms with Crippen molar-refractivity contribution in [2.45, 2.75) is 20.8 Å². The largest absolute Gasteiger partial charge is 0.497 e. The Bertz CT molecular complexity index is 931. The molecule has 8 nitrogen and oxygen atoms in total. The normalized spacial score (nSPS) is 11.6. The summed E-state index contributed by atoms with van der Waals surface area (Å²) in [7, 11) is 1.56. The predicted molar refractivity (Wildman–Crippen MR) is 128 cm³/mol. The van der Waals surface area contributed by atoms with Crippen molar-refractivity contribution in [3.05, 3.63) is 45.5 Å². The van der Waals surface area contributed by atoms with Crippen molar-refractivity contribution in [1.82, 2.24) is 5.43 Å². The van der Waals surface area contributed by atoms with E-state index in [9.17, 15) is 9.59 Å². The maximum absolute atomic E-state index is 12.3. The zero-order valence-corrected chi connectivity index (χ0v) is 20.1. The van der Waals surface area contributed by atoms with Crippen LogP contribution in [0.5, 0.6) is 17.2 Å². The van der Waals surface area contributed by atoms with Crippen molar-refractivity contribution >= 4 is 46.3 Å². The topological polar surface area (TPSA) is 98.2 Å². The third-order valence-corrected chi connectivity index (χ3v) is 4.95. The molecule has 2 rings (SSSR count). The van der Waals surface area contributed by atoms with Gasteiger partial charge >= 0.3 is 0 Å². The first-order valence-corrected chi connectivity index (χ1v) is 10.8. The molecule has 0 aliphatic rings. The highest BCUT2D eigenvalue weighted by Crippen LogP contribution is 2.33. The molecule has 0 bridgehead atoms. The van der Waals surface area contributed by atoms with Crippen LogP contribution in [0.3, 0.4) is 0 Å². The SMILES string of the molecule is CCOc1cc(C=NNC(=O)C(C)C(=O)Nc2ccc(OC)cc2)cc(I)c1OCC. The molecule has 0 saturated heterocycles. The van der Waals surface area contributed by atoms with Crippen LogP contribution in [0.1, 0.15) is 26.3 Å². The van der Waals surface area contributed by atoms with E-state index in [4.69, 9.17) is 14.2 Å². The number of hydrogen-bond donors (Lipinski definition) is 2. The number of hydrazone groups is 1. The fourth-order valence-corrected chi connectivity index (χ4v) is 3.30. The van der Waals surface area contributed by atoms with Crippen molar-refractivity contribution in [3.63, 3.8) is 0 Å². The molecule has 0 radical (unpaired) electrons. The Labute approximate surface area is 195 Å². The molecular weight excluding hydrogens is 513 g/mol. The van der Waals surface area contributed by atoms with Gasteiger partial charge in [-0.15, -0.1) is 0 Å². The van der Waals surface area contributed by atoms with Gasteiger partial charge in [-0.3, -0.25) is 9.59 Å². The predicted octanol–water partition coefficient (Wildman–Crippen LogP) is 3.82. The Balaban J connectivity index is 1.99. The van der Waals surface area contributed by atoms with Crippen LogP contribution in [0.2, 0.25) is 0 Å². The summed E-state index contributed by atoms with van der Waals surface area (Å²) in [6, 6.07) is 10.5. The zero-order valence-electron chi connectivity index (χ0n) is 17.9. The lowest BCUT2D eigenvalue weighted by Gasteiger charge is -2.13. The third kappa shape index (κ3) is 7.12. The lowest BCUT2D eigenvalue weighted by molar-refractivity contribution is -0.131. The molecule has 1 unspecified atom stereocenters. The number of anilines is 1. The number of benzene rings is 2. The second kappa shape index (κ2) is 12.1. The quantitative estimate of drug-likeness (QED) is 0.207. The second-order valence-electron chi connectivity index (χ2n) is 6.37. The van der Waals surface area contributed by atoms with Gasteiger partial charge in [-0.05, 0) is 85.3 Å². The number of hydrogen-bond acceptors (Lipinski definition) is 6. The van der Waals surface area contributed by atoms with Gasteiger partial charge in [-0.2, -0.15) is 5.10 Å². The molecule has 2 aromatic rings. The number of rotatable bonds is 10. The van der Waals surface area contributed by atoms with Crippen molar-refractivity contribution in [2.75, 3.05) is 25.6 Å². The summed E-state index contributed by atoms with van der Waals surface area (Å²) < 4.78 is 17.2. The molecule has 166 valence electrons. The average molecular weight is 539 g/mol. The molecule has 0 saturated carbocycles. The molecule has 0 aromatic heterocycles. The van der Waals surface area contributed by atoms with Gasteiger partial charge in [0.25, 0.3) is 5.91 Å². The molecule has 9 heteroatoms. The summed E-state index contributed by atoms with van der Waals surface area (Å²) in [5, 5.41) is 6.66. The van der Waals surface area contributed by atoms with Crippen molar-refractivity contribution in [2.24, 2.45) is 11.0 Å². The lowest BCUT2D eigenvalue weighted by atomic mass is 10.1. The molecule has 2 N–H and O–H groups in total. The smallest absolute Gasteiger partial charge is 0.252 e. The van der Waals surface area contributed by atoms with Gasteiger partial charge in [0, 0.05) is 5.69 Å². The van der Waals surface area contributed by atoms with E-state index in [0.717, 1.165) is 9.13 Å². The molecule has 0 heterocycles. The van der Waals surface area contributed by atoms with E-state index < -0.39 is 17.7 Å². The third-order valence-electron chi connectivity index (χ3n) is 4.15. The summed E-state index contributed by atoms with van der Waals surface area (Å²) in [5.41, 5.74) is 3.70. The van der Waals surface area contributed by atoms with E-state index in [1.165, 1.54) is 13.1 Å². The van der Waals surface area contributed by atoms with E-state index in [1.807, 2.05) is 19.9 Å². The van der Waals surface area contributed by atoms with Crippen LogP contribution in [-0.4, -0.2) is 38.4 Å². The average Bonchev–Trinajstić information content (AvgIpc) is 2.76. The Morgan fingerprint density at radius 1 is 1.10 bits per heavy atom. The molecule has 31 heavy (non-hydrogen) atoms. The molecule has 0 aliphatic carbocycles. The van der Waals surface area contributed by atoms with E-state index >= 15 is 0 Å². The van der Waals surface area contributed by atoms with Crippen LogP contribution in [0.25, 0.3) is 0 Å². The van der Waals surface area contributed by atoms with E-state index in [-0.39, 0.29) is 0 Å². The van der Waals surface area contributed by atoms with Gasteiger partial charge in [0.1, 0.15) is 11.7 Å². The van der Waals surface area contributed by atoms with Gasteiger partial charge in [0.2, 0.25) is 5.91 Å². The zero-order chi connectivity index (χ0) is 22.8. The fourth-order valence-electron chi connectivity index (χ4n) is 2.52. The molecule has 0 aliphatic heterocycles. The number of nitrogens with one attached hydrogen (secondary N) is 2. The maximum Gasteiger partial charge on any atom is 0.252 e. The van der Waals surface area contributed by atoms with Crippen molar-refractivity contribution in [3.8, 4) is 17.2 Å².